The molecule has 5 nitrogen and oxygen atoms in total. The fourth-order valence-corrected chi connectivity index (χ4v) is 3.01. The van der Waals surface area contributed by atoms with Crippen LogP contribution in [0.4, 0.5) is 0 Å². The molecule has 0 aliphatic carbocycles. The summed E-state index contributed by atoms with van der Waals surface area (Å²) in [6.45, 7) is 6.36. The van der Waals surface area contributed by atoms with E-state index in [0.29, 0.717) is 0 Å². The van der Waals surface area contributed by atoms with E-state index in [1.54, 1.807) is 6.33 Å². The molecule has 3 rings (SSSR count). The van der Waals surface area contributed by atoms with E-state index in [1.165, 1.54) is 0 Å². The number of halogens is 1. The number of fused-ring (bicyclic) bond motifs is 1. The maximum absolute atomic E-state index is 6.19. The molecule has 0 aromatic carbocycles. The van der Waals surface area contributed by atoms with E-state index in [0.717, 1.165) is 36.1 Å². The lowest BCUT2D eigenvalue weighted by molar-refractivity contribution is 0.486. The fourth-order valence-electron chi connectivity index (χ4n) is 2.84. The molecule has 0 saturated carbocycles. The van der Waals surface area contributed by atoms with Gasteiger partial charge in [0, 0.05) is 12.3 Å². The Morgan fingerprint density at radius 1 is 1.32 bits per heavy atom. The second-order valence-electron chi connectivity index (χ2n) is 5.92. The van der Waals surface area contributed by atoms with Crippen LogP contribution >= 0.6 is 11.6 Å². The molecule has 0 spiro atoms. The van der Waals surface area contributed by atoms with Gasteiger partial charge in [-0.1, -0.05) is 19.8 Å². The van der Waals surface area contributed by atoms with E-state index in [1.807, 2.05) is 16.9 Å². The number of nitrogens with zero attached hydrogens (tertiary/aromatic N) is 5. The van der Waals surface area contributed by atoms with Crippen LogP contribution < -0.4 is 0 Å². The molecular weight excluding hydrogens is 298 g/mol. The van der Waals surface area contributed by atoms with Gasteiger partial charge < -0.3 is 4.57 Å². The summed E-state index contributed by atoms with van der Waals surface area (Å²) < 4.78 is 2.02. The predicted molar refractivity (Wildman–Crippen MR) is 89.6 cm³/mol. The van der Waals surface area contributed by atoms with Gasteiger partial charge in [-0.05, 0) is 44.0 Å². The molecule has 0 radical (unpaired) electrons. The van der Waals surface area contributed by atoms with E-state index in [4.69, 9.17) is 11.6 Å². The molecule has 1 unspecified atom stereocenters. The molecule has 0 N–H and O–H groups in total. The summed E-state index contributed by atoms with van der Waals surface area (Å²) >= 11 is 6.19. The van der Waals surface area contributed by atoms with E-state index in [9.17, 15) is 0 Å². The Morgan fingerprint density at radius 2 is 2.14 bits per heavy atom. The summed E-state index contributed by atoms with van der Waals surface area (Å²) in [6, 6.07) is 0.262. The maximum atomic E-state index is 6.19. The Balaban J connectivity index is 2.21. The molecule has 2 aromatic rings. The predicted octanol–water partition coefficient (Wildman–Crippen LogP) is 4.09. The lowest BCUT2D eigenvalue weighted by Crippen LogP contribution is -2.22. The molecule has 0 bridgehead atoms. The largest absolute Gasteiger partial charge is 0.313 e. The van der Waals surface area contributed by atoms with Gasteiger partial charge in [0.05, 0.1) is 6.33 Å². The van der Waals surface area contributed by atoms with Gasteiger partial charge >= 0.3 is 0 Å². The molecule has 0 saturated heterocycles. The summed E-state index contributed by atoms with van der Waals surface area (Å²) in [6.07, 6.45) is 10.8. The highest BCUT2D eigenvalue weighted by molar-refractivity contribution is 6.28. The first kappa shape index (κ1) is 15.2. The van der Waals surface area contributed by atoms with Crippen molar-refractivity contribution in [1.82, 2.24) is 19.5 Å². The molecule has 0 fully saturated rings. The third-order valence-electron chi connectivity index (χ3n) is 4.03. The number of allylic oxidation sites excluding steroid dienone is 1. The number of rotatable bonds is 5. The van der Waals surface area contributed by atoms with Gasteiger partial charge in [-0.3, -0.25) is 4.99 Å². The van der Waals surface area contributed by atoms with Crippen LogP contribution in [0.15, 0.2) is 23.5 Å². The van der Waals surface area contributed by atoms with Crippen molar-refractivity contribution in [1.29, 1.82) is 0 Å². The maximum Gasteiger partial charge on any atom is 0.224 e. The second-order valence-corrected chi connectivity index (χ2v) is 6.26. The highest BCUT2D eigenvalue weighted by Gasteiger charge is 2.35. The Hall–Kier alpha value is -1.75. The first-order valence-electron chi connectivity index (χ1n) is 7.71. The van der Waals surface area contributed by atoms with Gasteiger partial charge in [-0.2, -0.15) is 4.98 Å². The van der Waals surface area contributed by atoms with E-state index >= 15 is 0 Å². The first-order chi connectivity index (χ1) is 10.6. The van der Waals surface area contributed by atoms with Crippen molar-refractivity contribution in [2.45, 2.75) is 51.6 Å². The Kier molecular flexibility index (Phi) is 4.00. The van der Waals surface area contributed by atoms with Gasteiger partial charge in [0.25, 0.3) is 0 Å². The second kappa shape index (κ2) is 5.80. The Bertz CT molecular complexity index is 732. The molecule has 0 amide bonds. The molecule has 1 aliphatic heterocycles. The zero-order valence-electron chi connectivity index (χ0n) is 13.1. The van der Waals surface area contributed by atoms with E-state index in [-0.39, 0.29) is 11.3 Å². The summed E-state index contributed by atoms with van der Waals surface area (Å²) in [4.78, 5) is 18.1. The Labute approximate surface area is 135 Å². The van der Waals surface area contributed by atoms with Gasteiger partial charge in [0.15, 0.2) is 5.65 Å². The normalized spacial score (nSPS) is 20.6. The smallest absolute Gasteiger partial charge is 0.224 e. The molecule has 1 atom stereocenters. The van der Waals surface area contributed by atoms with Crippen molar-refractivity contribution in [3.05, 3.63) is 29.5 Å². The van der Waals surface area contributed by atoms with Crippen LogP contribution in [0, 0.1) is 0 Å². The van der Waals surface area contributed by atoms with Gasteiger partial charge in [0.1, 0.15) is 16.7 Å². The Morgan fingerprint density at radius 3 is 2.77 bits per heavy atom. The minimum absolute atomic E-state index is 0.247. The number of hydrogen-bond donors (Lipinski definition) is 0. The first-order valence-corrected chi connectivity index (χ1v) is 8.09. The summed E-state index contributed by atoms with van der Waals surface area (Å²) in [5.41, 5.74) is 1.91. The molecule has 3 heterocycles. The number of hydrogen-bond acceptors (Lipinski definition) is 4. The lowest BCUT2D eigenvalue weighted by Gasteiger charge is -2.24. The van der Waals surface area contributed by atoms with Crippen molar-refractivity contribution in [2.75, 3.05) is 0 Å². The standard InChI is InChI=1S/C16H20ClN5/c1-4-5-7-16(8-6-9-19-16)13-12-14(21-15(17)20-13)22(10-18-12)11(2)3/h6,8-11H,4-5,7H2,1-3H3. The summed E-state index contributed by atoms with van der Waals surface area (Å²) in [7, 11) is 0. The average molecular weight is 318 g/mol. The molecule has 22 heavy (non-hydrogen) atoms. The van der Waals surface area contributed by atoms with Gasteiger partial charge in [-0.15, -0.1) is 0 Å². The summed E-state index contributed by atoms with van der Waals surface area (Å²) in [5.74, 6) is 0. The number of imidazole rings is 1. The number of unbranched alkanes of at least 4 members (excludes halogenated alkanes) is 1. The molecule has 2 aromatic heterocycles. The number of aromatic nitrogens is 4. The topological polar surface area (TPSA) is 56.0 Å². The zero-order valence-corrected chi connectivity index (χ0v) is 13.9. The molecule has 1 aliphatic rings. The third kappa shape index (κ3) is 2.43. The fraction of sp³-hybridized carbons (Fsp3) is 0.500. The SMILES string of the molecule is CCCCC1(c2nc(Cl)nc3c2ncn3C(C)C)C=CC=N1. The summed E-state index contributed by atoms with van der Waals surface area (Å²) in [5, 5.41) is 0.247. The van der Waals surface area contributed by atoms with Crippen molar-refractivity contribution in [2.24, 2.45) is 4.99 Å². The van der Waals surface area contributed by atoms with E-state index in [2.05, 4.69) is 46.8 Å². The van der Waals surface area contributed by atoms with Gasteiger partial charge in [0.2, 0.25) is 5.28 Å². The molecule has 6 heteroatoms. The quantitative estimate of drug-likeness (QED) is 0.780. The minimum atomic E-state index is -0.461. The third-order valence-corrected chi connectivity index (χ3v) is 4.20. The lowest BCUT2D eigenvalue weighted by atomic mass is 9.89. The van der Waals surface area contributed by atoms with Crippen LogP contribution in [0.3, 0.4) is 0 Å². The van der Waals surface area contributed by atoms with Crippen molar-refractivity contribution < 1.29 is 0 Å². The molecular formula is C16H20ClN5. The van der Waals surface area contributed by atoms with Crippen LogP contribution in [-0.2, 0) is 5.54 Å². The van der Waals surface area contributed by atoms with Crippen LogP contribution in [0.2, 0.25) is 5.28 Å². The monoisotopic (exact) mass is 317 g/mol. The van der Waals surface area contributed by atoms with Crippen LogP contribution in [0.1, 0.15) is 51.8 Å². The van der Waals surface area contributed by atoms with Crippen molar-refractivity contribution >= 4 is 29.0 Å². The minimum Gasteiger partial charge on any atom is -0.313 e. The van der Waals surface area contributed by atoms with Crippen LogP contribution in [-0.4, -0.2) is 25.7 Å². The van der Waals surface area contributed by atoms with Crippen molar-refractivity contribution in [3.8, 4) is 0 Å². The number of aliphatic imine (C=N–C) groups is 1. The van der Waals surface area contributed by atoms with Crippen molar-refractivity contribution in [3.63, 3.8) is 0 Å². The molecule has 116 valence electrons. The van der Waals surface area contributed by atoms with Gasteiger partial charge in [-0.25, -0.2) is 9.97 Å². The average Bonchev–Trinajstić information content (AvgIpc) is 3.11. The van der Waals surface area contributed by atoms with Crippen LogP contribution in [0.25, 0.3) is 11.2 Å². The zero-order chi connectivity index (χ0) is 15.7. The van der Waals surface area contributed by atoms with Crippen LogP contribution in [0.5, 0.6) is 0 Å². The highest BCUT2D eigenvalue weighted by Crippen LogP contribution is 2.38. The highest BCUT2D eigenvalue weighted by atomic mass is 35.5. The van der Waals surface area contributed by atoms with E-state index < -0.39 is 5.54 Å².